The lowest BCUT2D eigenvalue weighted by atomic mass is 10.0. The van der Waals surface area contributed by atoms with Crippen molar-refractivity contribution in [2.75, 3.05) is 13.2 Å². The monoisotopic (exact) mass is 770 g/mol. The Labute approximate surface area is 322 Å². The molecule has 0 heterocycles. The number of phosphoric acid groups is 1. The quantitative estimate of drug-likeness (QED) is 0.0118. The maximum atomic E-state index is 12.7. The highest BCUT2D eigenvalue weighted by Gasteiger charge is 2.31. The van der Waals surface area contributed by atoms with Gasteiger partial charge in [-0.2, -0.15) is 0 Å². The number of rotatable bonds is 39. The summed E-state index contributed by atoms with van der Waals surface area (Å²) in [5.74, 6) is -1.15. The van der Waals surface area contributed by atoms with E-state index in [2.05, 4.69) is 52.7 Å². The molecule has 0 aliphatic carbocycles. The smallest absolute Gasteiger partial charge is 0.458 e. The third-order valence-electron chi connectivity index (χ3n) is 9.28. The number of carbonyl (C=O) groups excluding carboxylic acids is 2. The minimum absolute atomic E-state index is 0.0996. The van der Waals surface area contributed by atoms with Gasteiger partial charge >= 0.3 is 19.8 Å². The second-order valence-electron chi connectivity index (χ2n) is 14.3. The largest absolute Gasteiger partial charge is 0.469 e. The number of phosphoric ester groups is 1. The van der Waals surface area contributed by atoms with Gasteiger partial charge in [0.1, 0.15) is 6.10 Å². The van der Waals surface area contributed by atoms with Crippen molar-refractivity contribution in [1.82, 2.24) is 0 Å². The highest BCUT2D eigenvalue weighted by Crippen LogP contribution is 2.36. The summed E-state index contributed by atoms with van der Waals surface area (Å²) < 4.78 is 27.0. The van der Waals surface area contributed by atoms with Gasteiger partial charge in [0.2, 0.25) is 0 Å². The first-order valence-electron chi connectivity index (χ1n) is 21.1. The normalized spacial score (nSPS) is 13.0. The van der Waals surface area contributed by atoms with E-state index in [1.165, 1.54) is 89.9 Å². The van der Waals surface area contributed by atoms with Crippen LogP contribution < -0.4 is 0 Å². The second-order valence-corrected chi connectivity index (χ2v) is 15.5. The van der Waals surface area contributed by atoms with Crippen LogP contribution in [0.1, 0.15) is 200 Å². The molecule has 0 aliphatic rings. The molecular formula is C41H76N3O8P. The van der Waals surface area contributed by atoms with Crippen LogP contribution in [0.4, 0.5) is 0 Å². The lowest BCUT2D eigenvalue weighted by Gasteiger charge is -2.26. The number of esters is 2. The number of carbonyl (C=O) groups is 2. The lowest BCUT2D eigenvalue weighted by Crippen LogP contribution is -2.40. The van der Waals surface area contributed by atoms with Gasteiger partial charge in [-0.1, -0.05) is 172 Å². The van der Waals surface area contributed by atoms with E-state index in [-0.39, 0.29) is 19.4 Å². The van der Waals surface area contributed by atoms with Gasteiger partial charge in [-0.25, -0.2) is 4.57 Å². The fraction of sp³-hybridized carbons (Fsp3) is 0.854. The number of unbranched alkanes of at least 4 members (excludes halogenated alkanes) is 23. The number of ether oxygens (including phenoxy) is 2. The van der Waals surface area contributed by atoms with Crippen molar-refractivity contribution in [3.8, 4) is 0 Å². The van der Waals surface area contributed by atoms with Crippen LogP contribution in [-0.4, -0.2) is 47.1 Å². The van der Waals surface area contributed by atoms with Crippen molar-refractivity contribution in [3.05, 3.63) is 34.7 Å². The van der Waals surface area contributed by atoms with Crippen LogP contribution in [0.5, 0.6) is 0 Å². The Morgan fingerprint density at radius 2 is 0.981 bits per heavy atom. The maximum Gasteiger partial charge on any atom is 0.469 e. The van der Waals surface area contributed by atoms with E-state index in [0.717, 1.165) is 70.6 Å². The van der Waals surface area contributed by atoms with Crippen molar-refractivity contribution >= 4 is 19.8 Å². The van der Waals surface area contributed by atoms with Crippen LogP contribution in [0.25, 0.3) is 10.4 Å². The topological polar surface area (TPSA) is 168 Å². The van der Waals surface area contributed by atoms with Gasteiger partial charge in [-0.15, -0.1) is 0 Å². The predicted octanol–water partition coefficient (Wildman–Crippen LogP) is 12.7. The first-order chi connectivity index (χ1) is 25.7. The summed E-state index contributed by atoms with van der Waals surface area (Å²) in [4.78, 5) is 46.6. The average molecular weight is 770 g/mol. The fourth-order valence-electron chi connectivity index (χ4n) is 6.09. The van der Waals surface area contributed by atoms with E-state index in [0.29, 0.717) is 12.8 Å². The molecule has 0 aromatic heterocycles. The number of hydrogen-bond donors (Lipinski definition) is 2. The maximum absolute atomic E-state index is 12.7. The van der Waals surface area contributed by atoms with Crippen molar-refractivity contribution in [2.24, 2.45) is 5.11 Å². The highest BCUT2D eigenvalue weighted by molar-refractivity contribution is 7.46. The zero-order valence-corrected chi connectivity index (χ0v) is 34.4. The lowest BCUT2D eigenvalue weighted by molar-refractivity contribution is -0.170. The van der Waals surface area contributed by atoms with Crippen molar-refractivity contribution < 1.29 is 37.9 Å². The first-order valence-corrected chi connectivity index (χ1v) is 22.7. The molecule has 0 spiro atoms. The van der Waals surface area contributed by atoms with E-state index in [1.54, 1.807) is 0 Å². The first kappa shape index (κ1) is 50.8. The molecule has 0 aliphatic heterocycles. The Kier molecular flexibility index (Phi) is 36.6. The van der Waals surface area contributed by atoms with Gasteiger partial charge in [0.05, 0.1) is 13.2 Å². The minimum Gasteiger partial charge on any atom is -0.458 e. The predicted molar refractivity (Wildman–Crippen MR) is 215 cm³/mol. The van der Waals surface area contributed by atoms with Crippen molar-refractivity contribution in [1.29, 1.82) is 0 Å². The molecule has 0 amide bonds. The molecule has 11 nitrogen and oxygen atoms in total. The van der Waals surface area contributed by atoms with Crippen LogP contribution in [-0.2, 0) is 28.2 Å². The molecule has 0 fully saturated rings. The van der Waals surface area contributed by atoms with Crippen LogP contribution in [0.3, 0.4) is 0 Å². The van der Waals surface area contributed by atoms with E-state index >= 15 is 0 Å². The molecule has 2 N–H and O–H groups in total. The molecule has 0 aromatic carbocycles. The minimum atomic E-state index is -4.91. The molecular weight excluding hydrogens is 693 g/mol. The summed E-state index contributed by atoms with van der Waals surface area (Å²) in [5.41, 5.74) is 8.88. The average Bonchev–Trinajstić information content (AvgIpc) is 3.12. The third-order valence-corrected chi connectivity index (χ3v) is 9.76. The molecule has 0 bridgehead atoms. The summed E-state index contributed by atoms with van der Waals surface area (Å²) in [5, 5.41) is 3.48. The van der Waals surface area contributed by atoms with E-state index in [1.807, 2.05) is 0 Å². The molecule has 0 aromatic rings. The fourth-order valence-corrected chi connectivity index (χ4v) is 6.43. The summed E-state index contributed by atoms with van der Waals surface area (Å²) in [6.07, 6.45) is 37.5. The van der Waals surface area contributed by atoms with Crippen LogP contribution in [0.2, 0.25) is 0 Å². The highest BCUT2D eigenvalue weighted by atomic mass is 31.2. The summed E-state index contributed by atoms with van der Waals surface area (Å²) in [7, 11) is -4.91. The van der Waals surface area contributed by atoms with E-state index in [4.69, 9.17) is 15.0 Å². The Hall–Kier alpha value is -2.16. The van der Waals surface area contributed by atoms with E-state index in [9.17, 15) is 23.9 Å². The zero-order chi connectivity index (χ0) is 39.1. The van der Waals surface area contributed by atoms with Crippen LogP contribution >= 0.6 is 7.82 Å². The summed E-state index contributed by atoms with van der Waals surface area (Å²) in [6.45, 7) is 3.39. The Bertz CT molecular complexity index is 1030. The molecule has 0 unspecified atom stereocenters. The standard InChI is InChI=1S/C41H76N3O8P/c1-3-5-7-9-11-13-15-17-19-21-23-25-27-29-31-33-35-41(46)52-39(37-50-53(47,48)49)38(36-43-44-42)51-40(45)34-32-30-28-26-24-22-20-18-16-14-12-10-8-6-4-2/h11,13,17,19,38-39H,3-10,12,14-16,18,20-37H2,1-2H3,(H2,47,48,49)/b13-11-,19-17-/t38-,39-/m0/s1. The Morgan fingerprint density at radius 1 is 0.604 bits per heavy atom. The van der Waals surface area contributed by atoms with Gasteiger partial charge < -0.3 is 19.3 Å². The SMILES string of the molecule is CCCCC/C=C\C/C=C\CCCCCCCCC(=O)O[C@@H](COP(=O)(O)O)[C@H](CN=[N+]=[N-])OC(=O)CCCCCCCCCCCCCCCCC. The Balaban J connectivity index is 4.41. The van der Waals surface area contributed by atoms with E-state index < -0.39 is 38.6 Å². The molecule has 308 valence electrons. The summed E-state index contributed by atoms with van der Waals surface area (Å²) in [6, 6.07) is 0. The number of hydrogen-bond acceptors (Lipinski definition) is 7. The Morgan fingerprint density at radius 3 is 1.42 bits per heavy atom. The number of azide groups is 1. The molecule has 0 rings (SSSR count). The zero-order valence-electron chi connectivity index (χ0n) is 33.5. The molecule has 12 heteroatoms. The molecule has 0 saturated heterocycles. The summed E-state index contributed by atoms with van der Waals surface area (Å²) >= 11 is 0. The van der Waals surface area contributed by atoms with Crippen LogP contribution in [0.15, 0.2) is 29.4 Å². The molecule has 53 heavy (non-hydrogen) atoms. The van der Waals surface area contributed by atoms with Crippen molar-refractivity contribution in [3.63, 3.8) is 0 Å². The van der Waals surface area contributed by atoms with Gasteiger partial charge in [0, 0.05) is 17.8 Å². The van der Waals surface area contributed by atoms with Gasteiger partial charge in [0.25, 0.3) is 0 Å². The van der Waals surface area contributed by atoms with Crippen LogP contribution in [0, 0.1) is 0 Å². The van der Waals surface area contributed by atoms with Gasteiger partial charge in [-0.05, 0) is 50.5 Å². The molecule has 0 saturated carbocycles. The molecule has 0 radical (unpaired) electrons. The van der Waals surface area contributed by atoms with Gasteiger partial charge in [-0.3, -0.25) is 14.1 Å². The van der Waals surface area contributed by atoms with Gasteiger partial charge in [0.15, 0.2) is 6.10 Å². The molecule has 2 atom stereocenters. The third kappa shape index (κ3) is 37.9. The number of nitrogens with zero attached hydrogens (tertiary/aromatic N) is 3. The second kappa shape index (κ2) is 38.1. The van der Waals surface area contributed by atoms with Crippen molar-refractivity contribution in [2.45, 2.75) is 212 Å². The number of allylic oxidation sites excluding steroid dienone is 4.